The Balaban J connectivity index is 2.70. The predicted octanol–water partition coefficient (Wildman–Crippen LogP) is 1.23. The van der Waals surface area contributed by atoms with E-state index in [-0.39, 0.29) is 12.2 Å². The van der Waals surface area contributed by atoms with Gasteiger partial charge < -0.3 is 4.74 Å². The summed E-state index contributed by atoms with van der Waals surface area (Å²) in [5, 5.41) is 10.4. The average molecular weight is 288 g/mol. The number of carbonyl (C=O) groups excluding carboxylic acids is 1. The summed E-state index contributed by atoms with van der Waals surface area (Å²) in [6.45, 7) is 0. The molecule has 90 valence electrons. The molecule has 9 heteroatoms. The van der Waals surface area contributed by atoms with Crippen LogP contribution >= 0.6 is 34.8 Å². The van der Waals surface area contributed by atoms with Crippen molar-refractivity contribution >= 4 is 40.8 Å². The van der Waals surface area contributed by atoms with Crippen LogP contribution in [0, 0.1) is 0 Å². The molecule has 0 fully saturated rings. The molecule has 1 aromatic rings. The van der Waals surface area contributed by atoms with E-state index in [1.54, 1.807) is 7.05 Å². The van der Waals surface area contributed by atoms with E-state index >= 15 is 0 Å². The molecule has 6 nitrogen and oxygen atoms in total. The van der Waals surface area contributed by atoms with Crippen LogP contribution in [0.2, 0.25) is 0 Å². The first-order valence-electron chi connectivity index (χ1n) is 4.21. The smallest absolute Gasteiger partial charge is 0.342 e. The van der Waals surface area contributed by atoms with Crippen molar-refractivity contribution in [2.45, 2.75) is 16.1 Å². The van der Waals surface area contributed by atoms with Gasteiger partial charge in [-0.3, -0.25) is 0 Å². The zero-order valence-electron chi connectivity index (χ0n) is 8.52. The summed E-state index contributed by atoms with van der Waals surface area (Å²) in [6.07, 6.45) is -0.0734. The van der Waals surface area contributed by atoms with E-state index in [0.717, 1.165) is 0 Å². The summed E-state index contributed by atoms with van der Waals surface area (Å²) in [4.78, 5) is 12.4. The number of aromatic nitrogens is 4. The first kappa shape index (κ1) is 13.5. The summed E-state index contributed by atoms with van der Waals surface area (Å²) < 4.78 is 2.71. The Bertz CT molecular complexity index is 381. The zero-order chi connectivity index (χ0) is 12.3. The van der Waals surface area contributed by atoms with Crippen molar-refractivity contribution in [2.75, 3.05) is 7.11 Å². The first-order chi connectivity index (χ1) is 7.36. The van der Waals surface area contributed by atoms with Crippen LogP contribution in [0.15, 0.2) is 0 Å². The highest BCUT2D eigenvalue weighted by atomic mass is 35.5. The fraction of sp³-hybridized carbons (Fsp3) is 0.714. The van der Waals surface area contributed by atoms with Crippen molar-refractivity contribution in [2.24, 2.45) is 7.05 Å². The predicted molar refractivity (Wildman–Crippen MR) is 58.5 cm³/mol. The number of carbonyl (C=O) groups is 1. The molecule has 0 N–H and O–H groups in total. The minimum atomic E-state index is -1.72. The van der Waals surface area contributed by atoms with Crippen molar-refractivity contribution < 1.29 is 9.53 Å². The second-order valence-electron chi connectivity index (χ2n) is 3.00. The van der Waals surface area contributed by atoms with Gasteiger partial charge in [-0.05, 0) is 5.21 Å². The van der Waals surface area contributed by atoms with Crippen molar-refractivity contribution in [1.29, 1.82) is 0 Å². The maximum Gasteiger partial charge on any atom is 0.342 e. The van der Waals surface area contributed by atoms with Crippen LogP contribution in [0.5, 0.6) is 0 Å². The number of nitrogens with zero attached hydrogens (tertiary/aromatic N) is 4. The molecule has 0 spiro atoms. The molecule has 0 bridgehead atoms. The Kier molecular flexibility index (Phi) is 4.35. The largest absolute Gasteiger partial charge is 0.467 e. The standard InChI is InChI=1S/C7H9Cl3N4O2/c1-14-12-5(11-13-14)4(8)3-7(9,10)6(15)16-2/h4H,3H2,1-2H3. The monoisotopic (exact) mass is 286 g/mol. The van der Waals surface area contributed by atoms with E-state index in [0.29, 0.717) is 0 Å². The zero-order valence-corrected chi connectivity index (χ0v) is 10.8. The molecule has 1 heterocycles. The number of tetrazole rings is 1. The quantitative estimate of drug-likeness (QED) is 0.615. The van der Waals surface area contributed by atoms with E-state index in [4.69, 9.17) is 34.8 Å². The number of hydrogen-bond acceptors (Lipinski definition) is 5. The average Bonchev–Trinajstić information content (AvgIpc) is 2.63. The topological polar surface area (TPSA) is 69.9 Å². The van der Waals surface area contributed by atoms with E-state index in [9.17, 15) is 4.79 Å². The third-order valence-electron chi connectivity index (χ3n) is 1.72. The van der Waals surface area contributed by atoms with Crippen LogP contribution in [0.1, 0.15) is 17.6 Å². The van der Waals surface area contributed by atoms with Gasteiger partial charge in [0.1, 0.15) is 5.38 Å². The minimum absolute atomic E-state index is 0.0734. The van der Waals surface area contributed by atoms with Crippen LogP contribution in [0.3, 0.4) is 0 Å². The molecule has 0 amide bonds. The SMILES string of the molecule is COC(=O)C(Cl)(Cl)CC(Cl)c1nnn(C)n1. The van der Waals surface area contributed by atoms with Gasteiger partial charge in [-0.2, -0.15) is 4.80 Å². The van der Waals surface area contributed by atoms with E-state index < -0.39 is 15.7 Å². The Morgan fingerprint density at radius 3 is 2.69 bits per heavy atom. The van der Waals surface area contributed by atoms with Crippen LogP contribution in [-0.2, 0) is 16.6 Å². The Labute approximate surface area is 107 Å². The number of aryl methyl sites for hydroxylation is 1. The fourth-order valence-electron chi connectivity index (χ4n) is 0.973. The molecular formula is C7H9Cl3N4O2. The van der Waals surface area contributed by atoms with Crippen molar-refractivity contribution in [1.82, 2.24) is 20.2 Å². The maximum absolute atomic E-state index is 11.2. The van der Waals surface area contributed by atoms with Gasteiger partial charge in [-0.25, -0.2) is 4.79 Å². The van der Waals surface area contributed by atoms with E-state index in [1.807, 2.05) is 0 Å². The van der Waals surface area contributed by atoms with Gasteiger partial charge >= 0.3 is 5.97 Å². The molecule has 1 aromatic heterocycles. The Morgan fingerprint density at radius 2 is 2.25 bits per heavy atom. The third kappa shape index (κ3) is 3.20. The summed E-state index contributed by atoms with van der Waals surface area (Å²) in [6, 6.07) is 0. The number of methoxy groups -OCH3 is 1. The second kappa shape index (κ2) is 5.16. The maximum atomic E-state index is 11.2. The van der Waals surface area contributed by atoms with Gasteiger partial charge in [0.2, 0.25) is 4.33 Å². The molecular weight excluding hydrogens is 278 g/mol. The van der Waals surface area contributed by atoms with Crippen LogP contribution in [-0.4, -0.2) is 37.6 Å². The van der Waals surface area contributed by atoms with Crippen molar-refractivity contribution in [3.8, 4) is 0 Å². The highest BCUT2D eigenvalue weighted by Crippen LogP contribution is 2.35. The van der Waals surface area contributed by atoms with Gasteiger partial charge in [0.25, 0.3) is 0 Å². The number of hydrogen-bond donors (Lipinski definition) is 0. The first-order valence-corrected chi connectivity index (χ1v) is 5.40. The lowest BCUT2D eigenvalue weighted by Gasteiger charge is -2.17. The molecule has 0 aliphatic rings. The lowest BCUT2D eigenvalue weighted by atomic mass is 10.2. The third-order valence-corrected chi connectivity index (χ3v) is 2.69. The van der Waals surface area contributed by atoms with Crippen molar-refractivity contribution in [3.05, 3.63) is 5.82 Å². The molecule has 1 atom stereocenters. The summed E-state index contributed by atoms with van der Waals surface area (Å²) in [5.74, 6) is -0.524. The summed E-state index contributed by atoms with van der Waals surface area (Å²) in [5.41, 5.74) is 0. The van der Waals surface area contributed by atoms with Crippen LogP contribution < -0.4 is 0 Å². The molecule has 0 saturated heterocycles. The minimum Gasteiger partial charge on any atom is -0.467 e. The number of rotatable bonds is 4. The summed E-state index contributed by atoms with van der Waals surface area (Å²) >= 11 is 17.5. The second-order valence-corrected chi connectivity index (χ2v) is 5.02. The molecule has 16 heavy (non-hydrogen) atoms. The van der Waals surface area contributed by atoms with Gasteiger partial charge in [-0.1, -0.05) is 23.2 Å². The number of esters is 1. The highest BCUT2D eigenvalue weighted by Gasteiger charge is 2.38. The van der Waals surface area contributed by atoms with Crippen LogP contribution in [0.25, 0.3) is 0 Å². The Hall–Kier alpha value is -0.590. The lowest BCUT2D eigenvalue weighted by Crippen LogP contribution is -2.28. The molecule has 0 aromatic carbocycles. The molecule has 0 aliphatic heterocycles. The van der Waals surface area contributed by atoms with Crippen molar-refractivity contribution in [3.63, 3.8) is 0 Å². The molecule has 1 unspecified atom stereocenters. The highest BCUT2D eigenvalue weighted by molar-refractivity contribution is 6.57. The Morgan fingerprint density at radius 1 is 1.62 bits per heavy atom. The van der Waals surface area contributed by atoms with Gasteiger partial charge in [0.15, 0.2) is 5.82 Å². The van der Waals surface area contributed by atoms with Gasteiger partial charge in [0, 0.05) is 6.42 Å². The number of alkyl halides is 3. The lowest BCUT2D eigenvalue weighted by molar-refractivity contribution is -0.141. The van der Waals surface area contributed by atoms with E-state index in [2.05, 4.69) is 20.1 Å². The number of halogens is 3. The summed E-state index contributed by atoms with van der Waals surface area (Å²) in [7, 11) is 2.78. The van der Waals surface area contributed by atoms with Gasteiger partial charge in [-0.15, -0.1) is 21.8 Å². The van der Waals surface area contributed by atoms with Gasteiger partial charge in [0.05, 0.1) is 14.2 Å². The molecule has 0 radical (unpaired) electrons. The normalized spacial score (nSPS) is 13.6. The van der Waals surface area contributed by atoms with E-state index in [1.165, 1.54) is 11.9 Å². The fourth-order valence-corrected chi connectivity index (χ4v) is 1.91. The molecule has 0 saturated carbocycles. The number of ether oxygens (including phenoxy) is 1. The van der Waals surface area contributed by atoms with Crippen LogP contribution in [0.4, 0.5) is 0 Å². The molecule has 1 rings (SSSR count). The molecule has 0 aliphatic carbocycles.